The summed E-state index contributed by atoms with van der Waals surface area (Å²) in [4.78, 5) is 5.37. The lowest BCUT2D eigenvalue weighted by Crippen LogP contribution is -2.23. The van der Waals surface area contributed by atoms with Gasteiger partial charge in [-0.05, 0) is 55.2 Å². The van der Waals surface area contributed by atoms with Crippen LogP contribution in [0.15, 0.2) is 90.6 Å². The SMILES string of the molecule is C.C=C/C=C(\C=C/CCC)Cn1c(-c2ccc(-n3ccnc3)cc2C)cc2sc(/C(CC)=N/NNC)cc21. The van der Waals surface area contributed by atoms with Crippen molar-refractivity contribution in [2.24, 2.45) is 5.10 Å². The molecule has 0 atom stereocenters. The first-order chi connectivity index (χ1) is 18.1. The van der Waals surface area contributed by atoms with Crippen LogP contribution >= 0.6 is 11.3 Å². The second kappa shape index (κ2) is 13.7. The van der Waals surface area contributed by atoms with Crippen molar-refractivity contribution in [2.45, 2.75) is 54.0 Å². The zero-order chi connectivity index (χ0) is 26.2. The number of aromatic nitrogens is 3. The number of benzene rings is 1. The Kier molecular flexibility index (Phi) is 10.4. The third-order valence-corrected chi connectivity index (χ3v) is 7.38. The van der Waals surface area contributed by atoms with Crippen molar-refractivity contribution in [3.63, 3.8) is 0 Å². The van der Waals surface area contributed by atoms with Gasteiger partial charge in [-0.1, -0.05) is 64.6 Å². The normalized spacial score (nSPS) is 12.3. The van der Waals surface area contributed by atoms with Crippen molar-refractivity contribution in [3.05, 3.63) is 95.9 Å². The second-order valence-electron chi connectivity index (χ2n) is 8.89. The molecule has 7 heteroatoms. The van der Waals surface area contributed by atoms with E-state index >= 15 is 0 Å². The summed E-state index contributed by atoms with van der Waals surface area (Å²) in [5.41, 5.74) is 14.0. The number of hydrazone groups is 1. The zero-order valence-corrected chi connectivity index (χ0v) is 23.0. The number of rotatable bonds is 12. The first-order valence-electron chi connectivity index (χ1n) is 12.8. The Labute approximate surface area is 231 Å². The van der Waals surface area contributed by atoms with E-state index in [1.165, 1.54) is 37.5 Å². The van der Waals surface area contributed by atoms with E-state index in [4.69, 9.17) is 0 Å². The summed E-state index contributed by atoms with van der Waals surface area (Å²) in [7, 11) is 1.82. The first kappa shape index (κ1) is 28.9. The minimum absolute atomic E-state index is 0. The maximum absolute atomic E-state index is 4.52. The molecule has 3 heterocycles. The maximum atomic E-state index is 4.52. The monoisotopic (exact) mass is 528 g/mol. The van der Waals surface area contributed by atoms with Crippen LogP contribution in [0.2, 0.25) is 0 Å². The Morgan fingerprint density at radius 1 is 1.21 bits per heavy atom. The van der Waals surface area contributed by atoms with Gasteiger partial charge in [0.2, 0.25) is 0 Å². The number of fused-ring (bicyclic) bond motifs is 1. The molecule has 0 fully saturated rings. The zero-order valence-electron chi connectivity index (χ0n) is 22.2. The molecule has 200 valence electrons. The standard InChI is InChI=1S/C30H36N6S.CH4/c1-6-9-10-12-23(11-7-2)20-36-27(25-14-13-24(17-22(25)4)35-16-15-32-21-35)18-30-28(36)19-29(37-30)26(8-3)33-34-31-5;/h7,10-19,21,31,34H,2,6,8-9,20H2,1,3-5H3;1H4/b12-10-,23-11+,33-26+;. The molecular formula is C31H40N6S. The Bertz CT molecular complexity index is 1430. The number of aryl methyl sites for hydroxylation is 1. The lowest BCUT2D eigenvalue weighted by atomic mass is 10.0. The molecule has 4 aromatic rings. The summed E-state index contributed by atoms with van der Waals surface area (Å²) in [6, 6.07) is 11.2. The molecule has 0 aliphatic rings. The van der Waals surface area contributed by atoms with Crippen LogP contribution in [0.5, 0.6) is 0 Å². The molecule has 0 aliphatic heterocycles. The van der Waals surface area contributed by atoms with E-state index in [-0.39, 0.29) is 7.43 Å². The van der Waals surface area contributed by atoms with Crippen LogP contribution in [0.1, 0.15) is 51.0 Å². The largest absolute Gasteiger partial charge is 0.335 e. The van der Waals surface area contributed by atoms with Gasteiger partial charge in [-0.3, -0.25) is 0 Å². The number of allylic oxidation sites excluding steroid dienone is 5. The van der Waals surface area contributed by atoms with Crippen molar-refractivity contribution in [3.8, 4) is 16.9 Å². The summed E-state index contributed by atoms with van der Waals surface area (Å²) in [6.45, 7) is 11.2. The number of unbranched alkanes of at least 4 members (excludes halogenated alkanes) is 1. The van der Waals surface area contributed by atoms with Gasteiger partial charge < -0.3 is 9.13 Å². The molecule has 2 N–H and O–H groups in total. The van der Waals surface area contributed by atoms with E-state index in [0.29, 0.717) is 0 Å². The third-order valence-electron chi connectivity index (χ3n) is 6.26. The van der Waals surface area contributed by atoms with E-state index in [0.717, 1.165) is 37.2 Å². The van der Waals surface area contributed by atoms with Gasteiger partial charge in [0.25, 0.3) is 0 Å². The van der Waals surface area contributed by atoms with E-state index in [2.05, 4.69) is 102 Å². The van der Waals surface area contributed by atoms with E-state index in [9.17, 15) is 0 Å². The average Bonchev–Trinajstić information content (AvgIpc) is 3.63. The predicted molar refractivity (Wildman–Crippen MR) is 165 cm³/mol. The predicted octanol–water partition coefficient (Wildman–Crippen LogP) is 7.81. The van der Waals surface area contributed by atoms with Gasteiger partial charge in [0.15, 0.2) is 0 Å². The van der Waals surface area contributed by atoms with Crippen LogP contribution in [0.25, 0.3) is 27.2 Å². The fourth-order valence-corrected chi connectivity index (χ4v) is 5.57. The first-order valence-corrected chi connectivity index (χ1v) is 13.6. The summed E-state index contributed by atoms with van der Waals surface area (Å²) in [5, 5.41) is 4.52. The molecule has 0 saturated carbocycles. The van der Waals surface area contributed by atoms with Gasteiger partial charge in [-0.25, -0.2) is 15.9 Å². The lowest BCUT2D eigenvalue weighted by Gasteiger charge is -2.15. The highest BCUT2D eigenvalue weighted by Crippen LogP contribution is 2.37. The smallest absolute Gasteiger partial charge is 0.0991 e. The molecule has 0 bridgehead atoms. The maximum Gasteiger partial charge on any atom is 0.0991 e. The molecule has 0 spiro atoms. The fourth-order valence-electron chi connectivity index (χ4n) is 4.41. The number of imidazole rings is 1. The van der Waals surface area contributed by atoms with Gasteiger partial charge in [0, 0.05) is 37.2 Å². The summed E-state index contributed by atoms with van der Waals surface area (Å²) < 4.78 is 5.72. The van der Waals surface area contributed by atoms with Crippen LogP contribution in [-0.2, 0) is 6.54 Å². The molecule has 38 heavy (non-hydrogen) atoms. The van der Waals surface area contributed by atoms with Crippen molar-refractivity contribution >= 4 is 27.3 Å². The van der Waals surface area contributed by atoms with Crippen molar-refractivity contribution in [1.82, 2.24) is 25.1 Å². The molecule has 0 aliphatic carbocycles. The highest BCUT2D eigenvalue weighted by molar-refractivity contribution is 7.21. The Morgan fingerprint density at radius 3 is 2.71 bits per heavy atom. The highest BCUT2D eigenvalue weighted by Gasteiger charge is 2.18. The quantitative estimate of drug-likeness (QED) is 0.112. The number of hydrogen-bond acceptors (Lipinski definition) is 5. The van der Waals surface area contributed by atoms with Crippen LogP contribution in [-0.4, -0.2) is 26.9 Å². The van der Waals surface area contributed by atoms with Gasteiger partial charge in [-0.15, -0.1) is 11.3 Å². The topological polar surface area (TPSA) is 59.2 Å². The molecular weight excluding hydrogens is 488 g/mol. The van der Waals surface area contributed by atoms with Gasteiger partial charge in [0.05, 0.1) is 32.8 Å². The number of thiophene rings is 1. The van der Waals surface area contributed by atoms with Gasteiger partial charge >= 0.3 is 0 Å². The van der Waals surface area contributed by atoms with Crippen molar-refractivity contribution < 1.29 is 0 Å². The minimum atomic E-state index is 0. The number of hydrogen-bond donors (Lipinski definition) is 2. The fraction of sp³-hybridized carbons (Fsp3) is 0.290. The van der Waals surface area contributed by atoms with Crippen LogP contribution in [0.3, 0.4) is 0 Å². The molecule has 0 radical (unpaired) electrons. The lowest BCUT2D eigenvalue weighted by molar-refractivity contribution is 0.631. The minimum Gasteiger partial charge on any atom is -0.335 e. The van der Waals surface area contributed by atoms with Crippen LogP contribution in [0.4, 0.5) is 0 Å². The van der Waals surface area contributed by atoms with E-state index in [1.807, 2.05) is 30.2 Å². The van der Waals surface area contributed by atoms with Gasteiger partial charge in [0.1, 0.15) is 0 Å². The Balaban J connectivity index is 0.00000400. The molecule has 0 saturated heterocycles. The Hall–Kier alpha value is -3.68. The molecule has 6 nitrogen and oxygen atoms in total. The number of nitrogens with one attached hydrogen (secondary N) is 2. The molecule has 4 rings (SSSR count). The molecule has 3 aromatic heterocycles. The summed E-state index contributed by atoms with van der Waals surface area (Å²) >= 11 is 1.79. The summed E-state index contributed by atoms with van der Waals surface area (Å²) in [6.07, 6.45) is 17.1. The molecule has 0 unspecified atom stereocenters. The van der Waals surface area contributed by atoms with Crippen LogP contribution < -0.4 is 11.0 Å². The van der Waals surface area contributed by atoms with E-state index < -0.39 is 0 Å². The molecule has 0 amide bonds. The van der Waals surface area contributed by atoms with Crippen molar-refractivity contribution in [2.75, 3.05) is 7.05 Å². The van der Waals surface area contributed by atoms with E-state index in [1.54, 1.807) is 17.5 Å². The van der Waals surface area contributed by atoms with Crippen molar-refractivity contribution in [1.29, 1.82) is 0 Å². The van der Waals surface area contributed by atoms with Crippen LogP contribution in [0, 0.1) is 6.92 Å². The van der Waals surface area contributed by atoms with Gasteiger partial charge in [-0.2, -0.15) is 5.10 Å². The summed E-state index contributed by atoms with van der Waals surface area (Å²) in [5.74, 6) is 0. The highest BCUT2D eigenvalue weighted by atomic mass is 32.1. The number of hydrazine groups is 1. The second-order valence-corrected chi connectivity index (χ2v) is 9.97. The average molecular weight is 529 g/mol. The Morgan fingerprint density at radius 2 is 2.05 bits per heavy atom. The molecule has 1 aromatic carbocycles. The third kappa shape index (κ3) is 6.41. The number of nitrogens with zero attached hydrogens (tertiary/aromatic N) is 4.